The third-order valence-electron chi connectivity index (χ3n) is 3.84. The number of nitrogens with one attached hydrogen (secondary N) is 1. The van der Waals surface area contributed by atoms with E-state index < -0.39 is 11.9 Å². The summed E-state index contributed by atoms with van der Waals surface area (Å²) in [6.45, 7) is 4.22. The predicted octanol–water partition coefficient (Wildman–Crippen LogP) is 1.22. The van der Waals surface area contributed by atoms with E-state index in [-0.39, 0.29) is 12.1 Å². The second-order valence-corrected chi connectivity index (χ2v) is 5.67. The summed E-state index contributed by atoms with van der Waals surface area (Å²) in [6.07, 6.45) is 3.21. The molecule has 116 valence electrons. The van der Waals surface area contributed by atoms with Gasteiger partial charge in [0.05, 0.1) is 5.92 Å². The molecule has 2 N–H and O–H groups in total. The zero-order chi connectivity index (χ0) is 15.1. The van der Waals surface area contributed by atoms with Crippen molar-refractivity contribution in [2.45, 2.75) is 38.6 Å². The largest absolute Gasteiger partial charge is 0.481 e. The van der Waals surface area contributed by atoms with Crippen LogP contribution in [0.1, 0.15) is 32.6 Å². The molecule has 6 nitrogen and oxygen atoms in total. The van der Waals surface area contributed by atoms with Gasteiger partial charge in [0.15, 0.2) is 0 Å². The molecule has 0 aromatic carbocycles. The number of nitrogens with zero attached hydrogens (tertiary/aromatic N) is 2. The molecule has 0 heterocycles. The SMILES string of the molecule is CCN(CCCN(C)C)C(=O)NC1CCCC1C(=O)O. The number of rotatable bonds is 7. The standard InChI is InChI=1S/C14H27N3O3/c1-4-17(10-6-9-16(2)3)14(20)15-12-8-5-7-11(12)13(18)19/h11-12H,4-10H2,1-3H3,(H,15,20)(H,18,19). The fourth-order valence-electron chi connectivity index (χ4n) is 2.66. The van der Waals surface area contributed by atoms with Crippen LogP contribution in [0.2, 0.25) is 0 Å². The summed E-state index contributed by atoms with van der Waals surface area (Å²) in [5.41, 5.74) is 0. The molecule has 20 heavy (non-hydrogen) atoms. The molecular weight excluding hydrogens is 258 g/mol. The molecule has 0 aromatic heterocycles. The highest BCUT2D eigenvalue weighted by molar-refractivity contribution is 5.77. The number of amides is 2. The first-order chi connectivity index (χ1) is 9.45. The summed E-state index contributed by atoms with van der Waals surface area (Å²) < 4.78 is 0. The fourth-order valence-corrected chi connectivity index (χ4v) is 2.66. The van der Waals surface area contributed by atoms with Crippen LogP contribution in [-0.4, -0.2) is 66.7 Å². The van der Waals surface area contributed by atoms with Gasteiger partial charge in [-0.05, 0) is 46.8 Å². The van der Waals surface area contributed by atoms with Gasteiger partial charge in [-0.15, -0.1) is 0 Å². The number of carbonyl (C=O) groups is 2. The Balaban J connectivity index is 2.44. The summed E-state index contributed by atoms with van der Waals surface area (Å²) >= 11 is 0. The molecule has 6 heteroatoms. The minimum Gasteiger partial charge on any atom is -0.481 e. The molecule has 2 unspecified atom stereocenters. The van der Waals surface area contributed by atoms with Crippen molar-refractivity contribution in [1.82, 2.24) is 15.1 Å². The van der Waals surface area contributed by atoms with Gasteiger partial charge in [-0.2, -0.15) is 0 Å². The summed E-state index contributed by atoms with van der Waals surface area (Å²) in [5, 5.41) is 12.0. The minimum atomic E-state index is -0.802. The molecule has 0 bridgehead atoms. The van der Waals surface area contributed by atoms with E-state index in [9.17, 15) is 9.59 Å². The number of carboxylic acid groups (broad SMARTS) is 1. The number of hydrogen-bond acceptors (Lipinski definition) is 3. The number of aliphatic carboxylic acids is 1. The zero-order valence-electron chi connectivity index (χ0n) is 12.8. The number of carboxylic acids is 1. The molecule has 1 fully saturated rings. The smallest absolute Gasteiger partial charge is 0.317 e. The number of hydrogen-bond donors (Lipinski definition) is 2. The summed E-state index contributed by atoms with van der Waals surface area (Å²) in [5.74, 6) is -1.23. The van der Waals surface area contributed by atoms with E-state index in [0.29, 0.717) is 19.5 Å². The van der Waals surface area contributed by atoms with Crippen LogP contribution in [0, 0.1) is 5.92 Å². The molecule has 0 aliphatic heterocycles. The average Bonchev–Trinajstić information content (AvgIpc) is 2.82. The lowest BCUT2D eigenvalue weighted by molar-refractivity contribution is -0.142. The molecule has 2 amide bonds. The van der Waals surface area contributed by atoms with E-state index in [1.807, 2.05) is 21.0 Å². The van der Waals surface area contributed by atoms with Crippen LogP contribution in [0.5, 0.6) is 0 Å². The third-order valence-corrected chi connectivity index (χ3v) is 3.84. The summed E-state index contributed by atoms with van der Waals surface area (Å²) in [4.78, 5) is 27.1. The van der Waals surface area contributed by atoms with E-state index in [2.05, 4.69) is 10.2 Å². The van der Waals surface area contributed by atoms with E-state index in [4.69, 9.17) is 5.11 Å². The van der Waals surface area contributed by atoms with Crippen molar-refractivity contribution >= 4 is 12.0 Å². The first kappa shape index (κ1) is 16.8. The first-order valence-electron chi connectivity index (χ1n) is 7.38. The maximum atomic E-state index is 12.2. The second-order valence-electron chi connectivity index (χ2n) is 5.67. The van der Waals surface area contributed by atoms with E-state index in [1.54, 1.807) is 4.90 Å². The second kappa shape index (κ2) is 8.09. The van der Waals surface area contributed by atoms with Gasteiger partial charge in [-0.1, -0.05) is 6.42 Å². The van der Waals surface area contributed by atoms with E-state index >= 15 is 0 Å². The maximum absolute atomic E-state index is 12.2. The molecule has 1 saturated carbocycles. The van der Waals surface area contributed by atoms with Crippen LogP contribution in [0.25, 0.3) is 0 Å². The molecule has 0 spiro atoms. The topological polar surface area (TPSA) is 72.9 Å². The average molecular weight is 285 g/mol. The van der Waals surface area contributed by atoms with Gasteiger partial charge in [0.1, 0.15) is 0 Å². The Hall–Kier alpha value is -1.30. The van der Waals surface area contributed by atoms with Crippen molar-refractivity contribution in [2.24, 2.45) is 5.92 Å². The Kier molecular flexibility index (Phi) is 6.78. The van der Waals surface area contributed by atoms with E-state index in [1.165, 1.54) is 0 Å². The van der Waals surface area contributed by atoms with Crippen LogP contribution in [0.4, 0.5) is 4.79 Å². The van der Waals surface area contributed by atoms with Gasteiger partial charge in [-0.3, -0.25) is 4.79 Å². The van der Waals surface area contributed by atoms with Crippen LogP contribution in [-0.2, 0) is 4.79 Å². The lowest BCUT2D eigenvalue weighted by Gasteiger charge is -2.26. The fraction of sp³-hybridized carbons (Fsp3) is 0.857. The highest BCUT2D eigenvalue weighted by atomic mass is 16.4. The number of carbonyl (C=O) groups excluding carboxylic acids is 1. The zero-order valence-corrected chi connectivity index (χ0v) is 12.8. The summed E-state index contributed by atoms with van der Waals surface area (Å²) in [6, 6.07) is -0.354. The molecular formula is C14H27N3O3. The van der Waals surface area contributed by atoms with Crippen molar-refractivity contribution < 1.29 is 14.7 Å². The van der Waals surface area contributed by atoms with Gasteiger partial charge >= 0.3 is 12.0 Å². The molecule has 0 radical (unpaired) electrons. The normalized spacial score (nSPS) is 22.0. The van der Waals surface area contributed by atoms with Crippen molar-refractivity contribution in [3.05, 3.63) is 0 Å². The lowest BCUT2D eigenvalue weighted by Crippen LogP contribution is -2.47. The lowest BCUT2D eigenvalue weighted by atomic mass is 10.0. The molecule has 2 atom stereocenters. The van der Waals surface area contributed by atoms with Crippen molar-refractivity contribution in [2.75, 3.05) is 33.7 Å². The van der Waals surface area contributed by atoms with Gasteiger partial charge in [-0.25, -0.2) is 4.79 Å². The Bertz CT molecular complexity index is 334. The molecule has 1 aliphatic rings. The molecule has 0 aromatic rings. The molecule has 1 rings (SSSR count). The monoisotopic (exact) mass is 285 g/mol. The highest BCUT2D eigenvalue weighted by Crippen LogP contribution is 2.25. The molecule has 1 aliphatic carbocycles. The first-order valence-corrected chi connectivity index (χ1v) is 7.38. The van der Waals surface area contributed by atoms with Crippen molar-refractivity contribution in [1.29, 1.82) is 0 Å². The van der Waals surface area contributed by atoms with Crippen LogP contribution in [0.15, 0.2) is 0 Å². The maximum Gasteiger partial charge on any atom is 0.317 e. The van der Waals surface area contributed by atoms with Gasteiger partial charge in [0.2, 0.25) is 0 Å². The van der Waals surface area contributed by atoms with E-state index in [0.717, 1.165) is 25.8 Å². The quantitative estimate of drug-likeness (QED) is 0.738. The van der Waals surface area contributed by atoms with Gasteiger partial charge < -0.3 is 20.2 Å². The minimum absolute atomic E-state index is 0.135. The Labute approximate surface area is 121 Å². The van der Waals surface area contributed by atoms with Crippen LogP contribution < -0.4 is 5.32 Å². The van der Waals surface area contributed by atoms with Crippen molar-refractivity contribution in [3.63, 3.8) is 0 Å². The molecule has 0 saturated heterocycles. The number of urea groups is 1. The van der Waals surface area contributed by atoms with Crippen molar-refractivity contribution in [3.8, 4) is 0 Å². The highest BCUT2D eigenvalue weighted by Gasteiger charge is 2.34. The van der Waals surface area contributed by atoms with Gasteiger partial charge in [0.25, 0.3) is 0 Å². The Morgan fingerprint density at radius 3 is 2.50 bits per heavy atom. The van der Waals surface area contributed by atoms with Crippen LogP contribution >= 0.6 is 0 Å². The van der Waals surface area contributed by atoms with Crippen LogP contribution in [0.3, 0.4) is 0 Å². The predicted molar refractivity (Wildman–Crippen MR) is 77.7 cm³/mol. The van der Waals surface area contributed by atoms with Gasteiger partial charge in [0, 0.05) is 19.1 Å². The Morgan fingerprint density at radius 2 is 1.95 bits per heavy atom. The summed E-state index contributed by atoms with van der Waals surface area (Å²) in [7, 11) is 4.01. The third kappa shape index (κ3) is 5.00. The Morgan fingerprint density at radius 1 is 1.25 bits per heavy atom.